The Morgan fingerprint density at radius 2 is 2.04 bits per heavy atom. The normalized spacial score (nSPS) is 12.8. The minimum absolute atomic E-state index is 0.206. The number of amides is 1. The molecule has 5 nitrogen and oxygen atoms in total. The van der Waals surface area contributed by atoms with Crippen LogP contribution in [0.4, 0.5) is 0 Å². The van der Waals surface area contributed by atoms with Gasteiger partial charge >= 0.3 is 0 Å². The topological polar surface area (TPSA) is 76.1 Å². The molecule has 0 spiro atoms. The minimum Gasteiger partial charge on any atom is -0.351 e. The lowest BCUT2D eigenvalue weighted by atomic mass is 10.1. The van der Waals surface area contributed by atoms with Crippen LogP contribution in [-0.2, 0) is 33.4 Å². The molecule has 0 radical (unpaired) electrons. The van der Waals surface area contributed by atoms with E-state index in [-0.39, 0.29) is 5.75 Å². The highest BCUT2D eigenvalue weighted by atomic mass is 32.2. The van der Waals surface area contributed by atoms with Gasteiger partial charge in [-0.25, -0.2) is 13.4 Å². The summed E-state index contributed by atoms with van der Waals surface area (Å²) in [4.78, 5) is 16.5. The van der Waals surface area contributed by atoms with Gasteiger partial charge in [-0.2, -0.15) is 0 Å². The van der Waals surface area contributed by atoms with E-state index in [1.807, 2.05) is 38.1 Å². The van der Waals surface area contributed by atoms with Crippen LogP contribution in [0.5, 0.6) is 0 Å². The molecule has 24 heavy (non-hydrogen) atoms. The van der Waals surface area contributed by atoms with Crippen LogP contribution in [0.2, 0.25) is 0 Å². The van der Waals surface area contributed by atoms with Gasteiger partial charge in [-0.15, -0.1) is 11.3 Å². The highest BCUT2D eigenvalue weighted by Crippen LogP contribution is 2.16. The number of sulfone groups is 1. The zero-order valence-electron chi connectivity index (χ0n) is 14.1. The van der Waals surface area contributed by atoms with Gasteiger partial charge in [0.25, 0.3) is 0 Å². The van der Waals surface area contributed by atoms with Crippen molar-refractivity contribution in [1.82, 2.24) is 10.3 Å². The molecular formula is C17H22N2O3S2. The Morgan fingerprint density at radius 1 is 1.33 bits per heavy atom. The Bertz CT molecular complexity index is 813. The van der Waals surface area contributed by atoms with E-state index in [1.165, 1.54) is 18.3 Å². The van der Waals surface area contributed by atoms with E-state index in [1.54, 1.807) is 5.38 Å². The van der Waals surface area contributed by atoms with Gasteiger partial charge in [-0.3, -0.25) is 4.79 Å². The summed E-state index contributed by atoms with van der Waals surface area (Å²) in [5.74, 6) is -0.688. The van der Waals surface area contributed by atoms with Crippen LogP contribution < -0.4 is 5.32 Å². The van der Waals surface area contributed by atoms with Crippen LogP contribution in [0.25, 0.3) is 0 Å². The predicted octanol–water partition coefficient (Wildman–Crippen LogP) is 2.63. The number of thiazole rings is 1. The number of nitrogens with one attached hydrogen (secondary N) is 1. The molecule has 1 aromatic carbocycles. The standard InChI is InChI=1S/C17H22N2O3S2/c1-4-16-19-15(10-23-16)11-24(21,22)13(3)17(20)18-9-14-8-6-5-7-12(14)2/h5-8,10,13H,4,9,11H2,1-3H3,(H,18,20). The maximum atomic E-state index is 12.4. The SMILES string of the molecule is CCc1nc(CS(=O)(=O)C(C)C(=O)NCc2ccccc2C)cs1. The number of hydrogen-bond acceptors (Lipinski definition) is 5. The molecule has 0 aliphatic rings. The van der Waals surface area contributed by atoms with Crippen LogP contribution in [0.1, 0.15) is 35.7 Å². The average molecular weight is 367 g/mol. The Morgan fingerprint density at radius 3 is 2.67 bits per heavy atom. The Labute approximate surface area is 147 Å². The predicted molar refractivity (Wildman–Crippen MR) is 96.6 cm³/mol. The number of hydrogen-bond donors (Lipinski definition) is 1. The van der Waals surface area contributed by atoms with Crippen LogP contribution in [0, 0.1) is 6.92 Å². The first kappa shape index (κ1) is 18.6. The maximum absolute atomic E-state index is 12.4. The minimum atomic E-state index is -3.59. The first-order valence-corrected chi connectivity index (χ1v) is 10.4. The van der Waals surface area contributed by atoms with Crippen molar-refractivity contribution in [2.45, 2.75) is 44.7 Å². The summed E-state index contributed by atoms with van der Waals surface area (Å²) < 4.78 is 24.8. The molecule has 1 N–H and O–H groups in total. The molecule has 130 valence electrons. The average Bonchev–Trinajstić information content (AvgIpc) is 3.00. The monoisotopic (exact) mass is 366 g/mol. The second kappa shape index (κ2) is 7.90. The first-order valence-electron chi connectivity index (χ1n) is 7.80. The lowest BCUT2D eigenvalue weighted by Gasteiger charge is -2.13. The second-order valence-electron chi connectivity index (χ2n) is 5.68. The van der Waals surface area contributed by atoms with Gasteiger partial charge in [0.15, 0.2) is 9.84 Å². The van der Waals surface area contributed by atoms with E-state index >= 15 is 0 Å². The van der Waals surface area contributed by atoms with Gasteiger partial charge in [0.05, 0.1) is 16.5 Å². The molecule has 1 unspecified atom stereocenters. The van der Waals surface area contributed by atoms with E-state index in [9.17, 15) is 13.2 Å². The van der Waals surface area contributed by atoms with Gasteiger partial charge in [-0.05, 0) is 31.4 Å². The number of nitrogens with zero attached hydrogens (tertiary/aromatic N) is 1. The van der Waals surface area contributed by atoms with Crippen molar-refractivity contribution in [3.8, 4) is 0 Å². The molecule has 0 aliphatic carbocycles. The van der Waals surface area contributed by atoms with E-state index < -0.39 is 21.0 Å². The molecule has 0 saturated heterocycles. The maximum Gasteiger partial charge on any atom is 0.238 e. The molecule has 2 aromatic rings. The lowest BCUT2D eigenvalue weighted by Crippen LogP contribution is -2.38. The molecule has 0 saturated carbocycles. The van der Waals surface area contributed by atoms with Crippen molar-refractivity contribution in [2.75, 3.05) is 0 Å². The molecule has 1 aromatic heterocycles. The molecule has 1 heterocycles. The fourth-order valence-corrected chi connectivity index (χ4v) is 4.28. The van der Waals surface area contributed by atoms with Gasteiger partial charge in [0, 0.05) is 11.9 Å². The molecular weight excluding hydrogens is 344 g/mol. The molecule has 2 rings (SSSR count). The zero-order valence-corrected chi connectivity index (χ0v) is 15.7. The van der Waals surface area contributed by atoms with E-state index in [4.69, 9.17) is 0 Å². The lowest BCUT2D eigenvalue weighted by molar-refractivity contribution is -0.120. The van der Waals surface area contributed by atoms with Crippen LogP contribution >= 0.6 is 11.3 Å². The highest BCUT2D eigenvalue weighted by molar-refractivity contribution is 7.92. The van der Waals surface area contributed by atoms with Crippen LogP contribution in [-0.4, -0.2) is 24.6 Å². The third-order valence-corrected chi connectivity index (χ3v) is 6.90. The Hall–Kier alpha value is -1.73. The Kier molecular flexibility index (Phi) is 6.12. The molecule has 1 atom stereocenters. The summed E-state index contributed by atoms with van der Waals surface area (Å²) >= 11 is 1.44. The molecule has 0 aliphatic heterocycles. The first-order chi connectivity index (χ1) is 11.3. The summed E-state index contributed by atoms with van der Waals surface area (Å²) in [6.45, 7) is 5.67. The fraction of sp³-hybridized carbons (Fsp3) is 0.412. The number of rotatable bonds is 7. The fourth-order valence-electron chi connectivity index (χ4n) is 2.21. The number of carbonyl (C=O) groups is 1. The van der Waals surface area contributed by atoms with Gasteiger partial charge in [-0.1, -0.05) is 31.2 Å². The summed E-state index contributed by atoms with van der Waals surface area (Å²) in [6.07, 6.45) is 0.775. The number of benzene rings is 1. The zero-order chi connectivity index (χ0) is 17.7. The molecule has 0 bridgehead atoms. The van der Waals surface area contributed by atoms with Crippen molar-refractivity contribution in [2.24, 2.45) is 0 Å². The van der Waals surface area contributed by atoms with Gasteiger partial charge in [0.2, 0.25) is 5.91 Å². The third kappa shape index (κ3) is 4.64. The second-order valence-corrected chi connectivity index (χ2v) is 8.94. The molecule has 0 fully saturated rings. The van der Waals surface area contributed by atoms with E-state index in [2.05, 4.69) is 10.3 Å². The summed E-state index contributed by atoms with van der Waals surface area (Å²) in [5, 5.41) is 4.25. The van der Waals surface area contributed by atoms with Crippen LogP contribution in [0.15, 0.2) is 29.6 Å². The summed E-state index contributed by atoms with van der Waals surface area (Å²) in [7, 11) is -3.59. The summed E-state index contributed by atoms with van der Waals surface area (Å²) in [5.41, 5.74) is 2.54. The van der Waals surface area contributed by atoms with Crippen LogP contribution in [0.3, 0.4) is 0 Å². The van der Waals surface area contributed by atoms with Gasteiger partial charge in [0.1, 0.15) is 5.25 Å². The molecule has 1 amide bonds. The third-order valence-electron chi connectivity index (χ3n) is 3.87. The largest absolute Gasteiger partial charge is 0.351 e. The highest BCUT2D eigenvalue weighted by Gasteiger charge is 2.28. The van der Waals surface area contributed by atoms with Crippen molar-refractivity contribution in [3.05, 3.63) is 51.5 Å². The van der Waals surface area contributed by atoms with Crippen molar-refractivity contribution < 1.29 is 13.2 Å². The van der Waals surface area contributed by atoms with Crippen molar-refractivity contribution in [3.63, 3.8) is 0 Å². The number of aryl methyl sites for hydroxylation is 2. The van der Waals surface area contributed by atoms with E-state index in [0.29, 0.717) is 12.2 Å². The Balaban J connectivity index is 1.99. The number of carbonyl (C=O) groups excluding carboxylic acids is 1. The van der Waals surface area contributed by atoms with Crippen molar-refractivity contribution in [1.29, 1.82) is 0 Å². The summed E-state index contributed by atoms with van der Waals surface area (Å²) in [6, 6.07) is 7.68. The number of aromatic nitrogens is 1. The van der Waals surface area contributed by atoms with Gasteiger partial charge < -0.3 is 5.32 Å². The van der Waals surface area contributed by atoms with E-state index in [0.717, 1.165) is 22.6 Å². The van der Waals surface area contributed by atoms with Crippen molar-refractivity contribution >= 4 is 27.1 Å². The smallest absolute Gasteiger partial charge is 0.238 e. The molecule has 7 heteroatoms. The quantitative estimate of drug-likeness (QED) is 0.817.